The van der Waals surface area contributed by atoms with E-state index in [2.05, 4.69) is 5.32 Å². The number of aliphatic hydroxyl groups is 1. The van der Waals surface area contributed by atoms with Crippen molar-refractivity contribution in [1.82, 2.24) is 0 Å². The van der Waals surface area contributed by atoms with Gasteiger partial charge in [-0.1, -0.05) is 17.7 Å². The number of hydrogen-bond donors (Lipinski definition) is 2. The van der Waals surface area contributed by atoms with E-state index in [0.717, 1.165) is 11.1 Å². The number of rotatable bonds is 5. The third-order valence-corrected chi connectivity index (χ3v) is 5.23. The molecule has 0 bridgehead atoms. The first-order valence-corrected chi connectivity index (χ1v) is 9.53. The molecule has 1 amide bonds. The average Bonchev–Trinajstić information content (AvgIpc) is 3.09. The van der Waals surface area contributed by atoms with Crippen molar-refractivity contribution in [3.05, 3.63) is 40.2 Å². The lowest BCUT2D eigenvalue weighted by molar-refractivity contribution is -0.178. The van der Waals surface area contributed by atoms with E-state index in [-0.39, 0.29) is 24.5 Å². The Bertz CT molecular complexity index is 920. The largest absolute Gasteiger partial charge is 0.475 e. The Morgan fingerprint density at radius 3 is 2.45 bits per heavy atom. The second kappa shape index (κ2) is 7.51. The molecule has 0 aromatic heterocycles. The minimum Gasteiger partial charge on any atom is -0.475 e. The standard InChI is InChI=1S/C21H25NO7/c1-6-27-19(25)14-12(5)29-21(17(14)23,20(26)28-7-2)15-13-9-10(3)8-11(4)16(13)22-18(15)24/h8-9,15,17,23H,6-7H2,1-5H3,(H,22,24)/t15-,17+,21+/m1/s1. The smallest absolute Gasteiger partial charge is 0.354 e. The highest BCUT2D eigenvalue weighted by atomic mass is 16.6. The van der Waals surface area contributed by atoms with Gasteiger partial charge in [-0.05, 0) is 45.7 Å². The van der Waals surface area contributed by atoms with Gasteiger partial charge in [-0.3, -0.25) is 4.79 Å². The van der Waals surface area contributed by atoms with Crippen molar-refractivity contribution in [3.8, 4) is 0 Å². The van der Waals surface area contributed by atoms with Gasteiger partial charge in [0.1, 0.15) is 23.4 Å². The lowest BCUT2D eigenvalue weighted by Crippen LogP contribution is -2.56. The fourth-order valence-corrected chi connectivity index (χ4v) is 4.13. The number of fused-ring (bicyclic) bond motifs is 1. The number of amides is 1. The third-order valence-electron chi connectivity index (χ3n) is 5.23. The fraction of sp³-hybridized carbons (Fsp3) is 0.476. The van der Waals surface area contributed by atoms with E-state index in [1.54, 1.807) is 19.9 Å². The second-order valence-electron chi connectivity index (χ2n) is 7.18. The monoisotopic (exact) mass is 403 g/mol. The quantitative estimate of drug-likeness (QED) is 0.722. The van der Waals surface area contributed by atoms with E-state index in [9.17, 15) is 19.5 Å². The molecule has 0 spiro atoms. The maximum atomic E-state index is 13.1. The first kappa shape index (κ1) is 20.9. The summed E-state index contributed by atoms with van der Waals surface area (Å²) in [5.74, 6) is -3.42. The zero-order chi connectivity index (χ0) is 21.5. The van der Waals surface area contributed by atoms with Gasteiger partial charge in [-0.25, -0.2) is 9.59 Å². The molecule has 156 valence electrons. The van der Waals surface area contributed by atoms with Crippen molar-refractivity contribution in [2.45, 2.75) is 52.2 Å². The number of aliphatic hydroxyl groups excluding tert-OH is 1. The van der Waals surface area contributed by atoms with Crippen LogP contribution in [0.5, 0.6) is 0 Å². The second-order valence-corrected chi connectivity index (χ2v) is 7.18. The molecular formula is C21H25NO7. The fourth-order valence-electron chi connectivity index (χ4n) is 4.13. The molecule has 1 aromatic carbocycles. The summed E-state index contributed by atoms with van der Waals surface area (Å²) in [4.78, 5) is 38.5. The number of carbonyl (C=O) groups is 3. The van der Waals surface area contributed by atoms with Crippen LogP contribution in [0.25, 0.3) is 0 Å². The van der Waals surface area contributed by atoms with Gasteiger partial charge in [-0.15, -0.1) is 0 Å². The van der Waals surface area contributed by atoms with Crippen LogP contribution in [0.3, 0.4) is 0 Å². The molecule has 3 rings (SSSR count). The van der Waals surface area contributed by atoms with Crippen LogP contribution in [0, 0.1) is 13.8 Å². The molecular weight excluding hydrogens is 378 g/mol. The van der Waals surface area contributed by atoms with E-state index in [1.807, 2.05) is 19.9 Å². The highest BCUT2D eigenvalue weighted by Crippen LogP contribution is 2.50. The van der Waals surface area contributed by atoms with Crippen LogP contribution in [-0.4, -0.2) is 47.9 Å². The first-order valence-electron chi connectivity index (χ1n) is 9.53. The van der Waals surface area contributed by atoms with Gasteiger partial charge in [0.25, 0.3) is 5.60 Å². The molecule has 2 N–H and O–H groups in total. The molecule has 2 aliphatic rings. The van der Waals surface area contributed by atoms with Crippen LogP contribution in [0.2, 0.25) is 0 Å². The van der Waals surface area contributed by atoms with E-state index in [4.69, 9.17) is 14.2 Å². The Morgan fingerprint density at radius 1 is 1.17 bits per heavy atom. The number of allylic oxidation sites excluding steroid dienone is 1. The highest BCUT2D eigenvalue weighted by Gasteiger charge is 2.66. The number of esters is 2. The van der Waals surface area contributed by atoms with Crippen molar-refractivity contribution in [2.75, 3.05) is 18.5 Å². The Kier molecular flexibility index (Phi) is 5.40. The Labute approximate surface area is 168 Å². The Balaban J connectivity index is 2.18. The normalized spacial score (nSPS) is 25.4. The molecule has 2 heterocycles. The Hall–Kier alpha value is -2.87. The van der Waals surface area contributed by atoms with Crippen LogP contribution in [-0.2, 0) is 28.6 Å². The molecule has 0 aliphatic carbocycles. The molecule has 0 unspecified atom stereocenters. The van der Waals surface area contributed by atoms with E-state index < -0.39 is 35.5 Å². The summed E-state index contributed by atoms with van der Waals surface area (Å²) in [6, 6.07) is 3.66. The van der Waals surface area contributed by atoms with Crippen LogP contribution >= 0.6 is 0 Å². The molecule has 29 heavy (non-hydrogen) atoms. The molecule has 0 saturated carbocycles. The third kappa shape index (κ3) is 3.07. The lowest BCUT2D eigenvalue weighted by atomic mass is 9.77. The predicted octanol–water partition coefficient (Wildman–Crippen LogP) is 1.87. The molecule has 0 fully saturated rings. The summed E-state index contributed by atoms with van der Waals surface area (Å²) in [6.45, 7) is 8.48. The van der Waals surface area contributed by atoms with Gasteiger partial charge in [0, 0.05) is 5.69 Å². The summed E-state index contributed by atoms with van der Waals surface area (Å²) >= 11 is 0. The minimum atomic E-state index is -2.13. The molecule has 8 heteroatoms. The van der Waals surface area contributed by atoms with Crippen molar-refractivity contribution < 1.29 is 33.7 Å². The van der Waals surface area contributed by atoms with E-state index >= 15 is 0 Å². The molecule has 0 saturated heterocycles. The van der Waals surface area contributed by atoms with Gasteiger partial charge in [-0.2, -0.15) is 0 Å². The number of benzene rings is 1. The number of aryl methyl sites for hydroxylation is 2. The summed E-state index contributed by atoms with van der Waals surface area (Å²) < 4.78 is 16.0. The maximum absolute atomic E-state index is 13.1. The maximum Gasteiger partial charge on any atom is 0.354 e. The van der Waals surface area contributed by atoms with Crippen LogP contribution in [0.4, 0.5) is 5.69 Å². The van der Waals surface area contributed by atoms with Gasteiger partial charge in [0.2, 0.25) is 5.91 Å². The van der Waals surface area contributed by atoms with Crippen molar-refractivity contribution in [3.63, 3.8) is 0 Å². The molecule has 0 radical (unpaired) electrons. The summed E-state index contributed by atoms with van der Waals surface area (Å²) in [5, 5.41) is 13.9. The topological polar surface area (TPSA) is 111 Å². The summed E-state index contributed by atoms with van der Waals surface area (Å²) in [6.07, 6.45) is -1.73. The molecule has 1 aromatic rings. The number of carbonyl (C=O) groups excluding carboxylic acids is 3. The molecule has 3 atom stereocenters. The zero-order valence-electron chi connectivity index (χ0n) is 17.1. The van der Waals surface area contributed by atoms with Gasteiger partial charge < -0.3 is 24.6 Å². The van der Waals surface area contributed by atoms with Gasteiger partial charge in [0.05, 0.1) is 13.2 Å². The number of nitrogens with one attached hydrogen (secondary N) is 1. The SMILES string of the molecule is CCOC(=O)C1=C(C)O[C@@](C(=O)OCC)([C@H]2C(=O)Nc3c(C)cc(C)cc32)[C@H]1O. The minimum absolute atomic E-state index is 0.0124. The first-order chi connectivity index (χ1) is 13.7. The molecule has 8 nitrogen and oxygen atoms in total. The average molecular weight is 403 g/mol. The van der Waals surface area contributed by atoms with Crippen molar-refractivity contribution in [1.29, 1.82) is 0 Å². The van der Waals surface area contributed by atoms with Crippen LogP contribution < -0.4 is 5.32 Å². The number of hydrogen-bond acceptors (Lipinski definition) is 7. The Morgan fingerprint density at radius 2 is 1.83 bits per heavy atom. The van der Waals surface area contributed by atoms with Gasteiger partial charge >= 0.3 is 11.9 Å². The van der Waals surface area contributed by atoms with E-state index in [1.165, 1.54) is 6.92 Å². The van der Waals surface area contributed by atoms with Crippen LogP contribution in [0.1, 0.15) is 43.4 Å². The van der Waals surface area contributed by atoms with Gasteiger partial charge in [0.15, 0.2) is 0 Å². The molecule has 2 aliphatic heterocycles. The summed E-state index contributed by atoms with van der Waals surface area (Å²) in [5.41, 5.74) is 0.454. The van der Waals surface area contributed by atoms with E-state index in [0.29, 0.717) is 11.3 Å². The zero-order valence-corrected chi connectivity index (χ0v) is 17.1. The number of ether oxygens (including phenoxy) is 3. The van der Waals surface area contributed by atoms with Crippen molar-refractivity contribution in [2.24, 2.45) is 0 Å². The van der Waals surface area contributed by atoms with Crippen LogP contribution in [0.15, 0.2) is 23.5 Å². The van der Waals surface area contributed by atoms with Crippen molar-refractivity contribution >= 4 is 23.5 Å². The predicted molar refractivity (Wildman–Crippen MR) is 103 cm³/mol. The number of anilines is 1. The lowest BCUT2D eigenvalue weighted by Gasteiger charge is -2.34. The summed E-state index contributed by atoms with van der Waals surface area (Å²) in [7, 11) is 0. The highest BCUT2D eigenvalue weighted by molar-refractivity contribution is 6.09.